The highest BCUT2D eigenvalue weighted by Gasteiger charge is 2.34. The van der Waals surface area contributed by atoms with Crippen molar-refractivity contribution in [1.82, 2.24) is 20.3 Å². The van der Waals surface area contributed by atoms with E-state index in [1.54, 1.807) is 7.05 Å². The number of unbranched alkanes of at least 4 members (excludes halogenated alkanes) is 1. The van der Waals surface area contributed by atoms with Crippen LogP contribution in [0.3, 0.4) is 0 Å². The first kappa shape index (κ1) is 38.3. The smallest absolute Gasteiger partial charge is 0.243 e. The number of terminal acetylenes is 2. The van der Waals surface area contributed by atoms with Gasteiger partial charge in [0.05, 0.1) is 29.9 Å². The third-order valence-electron chi connectivity index (χ3n) is 8.48. The molecule has 5 N–H and O–H groups in total. The highest BCUT2D eigenvalue weighted by molar-refractivity contribution is 7.89. The summed E-state index contributed by atoms with van der Waals surface area (Å²) >= 11 is 0. The molecule has 0 aliphatic heterocycles. The molecule has 3 unspecified atom stereocenters. The van der Waals surface area contributed by atoms with Crippen molar-refractivity contribution in [2.75, 3.05) is 32.9 Å². The van der Waals surface area contributed by atoms with Gasteiger partial charge in [-0.25, -0.2) is 12.7 Å². The number of likely N-dealkylation sites (N-methyl/N-ethyl adjacent to an activating group) is 2. The maximum Gasteiger partial charge on any atom is 0.243 e. The Hall–Kier alpha value is -2.93. The molecule has 45 heavy (non-hydrogen) atoms. The van der Waals surface area contributed by atoms with Gasteiger partial charge in [-0.1, -0.05) is 62.4 Å². The van der Waals surface area contributed by atoms with Crippen LogP contribution in [0.25, 0.3) is 0 Å². The predicted octanol–water partition coefficient (Wildman–Crippen LogP) is 1.81. The normalized spacial score (nSPS) is 17.3. The van der Waals surface area contributed by atoms with E-state index in [0.29, 0.717) is 25.8 Å². The van der Waals surface area contributed by atoms with Crippen molar-refractivity contribution in [2.24, 2.45) is 11.8 Å². The molecule has 0 radical (unpaired) electrons. The molecule has 1 aliphatic rings. The number of amides is 2. The summed E-state index contributed by atoms with van der Waals surface area (Å²) in [5.41, 5.74) is 0.776. The number of carbonyl (C=O) groups is 2. The van der Waals surface area contributed by atoms with Crippen molar-refractivity contribution in [2.45, 2.75) is 94.9 Å². The molecule has 0 saturated heterocycles. The van der Waals surface area contributed by atoms with Crippen molar-refractivity contribution >= 4 is 21.8 Å². The number of hydrogen-bond donors (Lipinski definition) is 5. The molecule has 1 aromatic rings. The van der Waals surface area contributed by atoms with E-state index in [1.807, 2.05) is 30.3 Å². The van der Waals surface area contributed by atoms with Crippen molar-refractivity contribution in [3.8, 4) is 24.7 Å². The fourth-order valence-corrected chi connectivity index (χ4v) is 7.14. The van der Waals surface area contributed by atoms with Gasteiger partial charge in [0.15, 0.2) is 0 Å². The van der Waals surface area contributed by atoms with Crippen molar-refractivity contribution in [3.05, 3.63) is 35.9 Å². The van der Waals surface area contributed by atoms with Crippen molar-refractivity contribution in [1.29, 1.82) is 0 Å². The Bertz CT molecular complexity index is 1220. The predicted molar refractivity (Wildman–Crippen MR) is 177 cm³/mol. The minimum atomic E-state index is -3.81. The lowest BCUT2D eigenvalue weighted by Gasteiger charge is -2.33. The van der Waals surface area contributed by atoms with Gasteiger partial charge >= 0.3 is 0 Å². The molecular weight excluding hydrogens is 592 g/mol. The third-order valence-corrected chi connectivity index (χ3v) is 10.4. The van der Waals surface area contributed by atoms with Gasteiger partial charge in [-0.2, -0.15) is 0 Å². The zero-order chi connectivity index (χ0) is 33.2. The zero-order valence-corrected chi connectivity index (χ0v) is 27.6. The Balaban J connectivity index is 2.25. The van der Waals surface area contributed by atoms with E-state index < -0.39 is 57.8 Å². The van der Waals surface area contributed by atoms with Gasteiger partial charge in [0.1, 0.15) is 6.04 Å². The van der Waals surface area contributed by atoms with E-state index in [1.165, 1.54) is 11.4 Å². The SMILES string of the molecule is C#CCCCC(O)[C@H](O)C(CC1CCCCC1)NC(=O)[C@H](CC#C)NC(=O)C(Cc1ccccc1)CS(=O)(=O)N(C)CCNC. The maximum atomic E-state index is 13.7. The lowest BCUT2D eigenvalue weighted by Crippen LogP contribution is -2.56. The molecule has 1 fully saturated rings. The van der Waals surface area contributed by atoms with Crippen LogP contribution in [0.2, 0.25) is 0 Å². The van der Waals surface area contributed by atoms with Gasteiger partial charge in [-0.05, 0) is 44.2 Å². The number of sulfonamides is 1. The first-order valence-corrected chi connectivity index (χ1v) is 17.6. The van der Waals surface area contributed by atoms with Crippen molar-refractivity contribution in [3.63, 3.8) is 0 Å². The van der Waals surface area contributed by atoms with E-state index in [9.17, 15) is 28.2 Å². The summed E-state index contributed by atoms with van der Waals surface area (Å²) in [6.45, 7) is 0.683. The van der Waals surface area contributed by atoms with Crippen LogP contribution in [0, 0.1) is 36.5 Å². The summed E-state index contributed by atoms with van der Waals surface area (Å²) in [4.78, 5) is 27.3. The molecular formula is C34H52N4O6S. The van der Waals surface area contributed by atoms with Crippen LogP contribution in [0.5, 0.6) is 0 Å². The van der Waals surface area contributed by atoms with E-state index >= 15 is 0 Å². The van der Waals surface area contributed by atoms with Crippen LogP contribution in [-0.4, -0.2) is 92.0 Å². The molecule has 0 bridgehead atoms. The Kier molecular flexibility index (Phi) is 17.2. The van der Waals surface area contributed by atoms with Crippen LogP contribution >= 0.6 is 0 Å². The highest BCUT2D eigenvalue weighted by Crippen LogP contribution is 2.29. The summed E-state index contributed by atoms with van der Waals surface area (Å²) < 4.78 is 27.6. The minimum absolute atomic E-state index is 0.137. The van der Waals surface area contributed by atoms with E-state index in [0.717, 1.165) is 37.7 Å². The molecule has 10 nitrogen and oxygen atoms in total. The first-order valence-electron chi connectivity index (χ1n) is 16.0. The number of aliphatic hydroxyl groups is 2. The van der Waals surface area contributed by atoms with Gasteiger partial charge in [-0.3, -0.25) is 9.59 Å². The lowest BCUT2D eigenvalue weighted by molar-refractivity contribution is -0.132. The molecule has 11 heteroatoms. The van der Waals surface area contributed by atoms with E-state index in [2.05, 4.69) is 27.8 Å². The molecule has 2 rings (SSSR count). The molecule has 0 spiro atoms. The van der Waals surface area contributed by atoms with Crippen LogP contribution in [0.4, 0.5) is 0 Å². The van der Waals surface area contributed by atoms with E-state index in [4.69, 9.17) is 12.8 Å². The largest absolute Gasteiger partial charge is 0.390 e. The van der Waals surface area contributed by atoms with Gasteiger partial charge in [0.25, 0.3) is 0 Å². The van der Waals surface area contributed by atoms with Gasteiger partial charge < -0.3 is 26.2 Å². The summed E-state index contributed by atoms with van der Waals surface area (Å²) in [6.07, 6.45) is 15.6. The second kappa shape index (κ2) is 20.2. The average molecular weight is 645 g/mol. The molecule has 5 atom stereocenters. The van der Waals surface area contributed by atoms with E-state index in [-0.39, 0.29) is 31.7 Å². The number of benzene rings is 1. The fraction of sp³-hybridized carbons (Fsp3) is 0.647. The number of aliphatic hydroxyl groups excluding tert-OH is 2. The highest BCUT2D eigenvalue weighted by atomic mass is 32.2. The Morgan fingerprint density at radius 2 is 1.73 bits per heavy atom. The number of hydrogen-bond acceptors (Lipinski definition) is 7. The zero-order valence-electron chi connectivity index (χ0n) is 26.8. The second-order valence-corrected chi connectivity index (χ2v) is 14.2. The summed E-state index contributed by atoms with van der Waals surface area (Å²) in [6, 6.07) is 7.16. The summed E-state index contributed by atoms with van der Waals surface area (Å²) in [5.74, 6) is 2.58. The number of carbonyl (C=O) groups excluding carboxylic acids is 2. The van der Waals surface area contributed by atoms with Crippen LogP contribution in [-0.2, 0) is 26.0 Å². The monoisotopic (exact) mass is 644 g/mol. The Morgan fingerprint density at radius 3 is 2.36 bits per heavy atom. The first-order chi connectivity index (χ1) is 21.5. The van der Waals surface area contributed by atoms with Gasteiger partial charge in [0, 0.05) is 33.0 Å². The number of nitrogens with one attached hydrogen (secondary N) is 3. The molecule has 0 aromatic heterocycles. The number of rotatable bonds is 20. The topological polar surface area (TPSA) is 148 Å². The third kappa shape index (κ3) is 13.5. The molecule has 250 valence electrons. The minimum Gasteiger partial charge on any atom is -0.390 e. The van der Waals surface area contributed by atoms with Crippen LogP contribution < -0.4 is 16.0 Å². The number of nitrogens with zero attached hydrogens (tertiary/aromatic N) is 1. The molecule has 2 amide bonds. The van der Waals surface area contributed by atoms with Crippen molar-refractivity contribution < 1.29 is 28.2 Å². The van der Waals surface area contributed by atoms with Crippen LogP contribution in [0.1, 0.15) is 69.8 Å². The molecule has 1 aromatic carbocycles. The summed E-state index contributed by atoms with van der Waals surface area (Å²) in [5, 5.41) is 30.3. The molecule has 1 aliphatic carbocycles. The average Bonchev–Trinajstić information content (AvgIpc) is 3.03. The maximum absolute atomic E-state index is 13.7. The Morgan fingerprint density at radius 1 is 1.04 bits per heavy atom. The van der Waals surface area contributed by atoms with Gasteiger partial charge in [0.2, 0.25) is 21.8 Å². The molecule has 1 saturated carbocycles. The fourth-order valence-electron chi connectivity index (χ4n) is 5.73. The summed E-state index contributed by atoms with van der Waals surface area (Å²) in [7, 11) is -0.619. The van der Waals surface area contributed by atoms with Gasteiger partial charge in [-0.15, -0.1) is 24.7 Å². The lowest BCUT2D eigenvalue weighted by atomic mass is 9.82. The van der Waals surface area contributed by atoms with Crippen LogP contribution in [0.15, 0.2) is 30.3 Å². The Labute approximate surface area is 270 Å². The standard InChI is InChI=1S/C34H52N4O6S/c1-5-7-10-20-31(39)32(40)30(24-27-18-13-9-14-19-27)37-34(42)29(15-6-2)36-33(41)28(23-26-16-11-8-12-17-26)25-45(43,44)38(4)22-21-35-3/h1-2,8,11-12,16-17,27-32,35,39-40H,7,9-10,13-15,18-25H2,3-4H3,(H,36,41)(H,37,42)/t28?,29-,30?,31?,32+/m0/s1. The molecule has 0 heterocycles. The quantitative estimate of drug-likeness (QED) is 0.107. The second-order valence-electron chi connectivity index (χ2n) is 12.1.